The van der Waals surface area contributed by atoms with E-state index < -0.39 is 5.82 Å². The van der Waals surface area contributed by atoms with Gasteiger partial charge in [0.25, 0.3) is 0 Å². The van der Waals surface area contributed by atoms with Crippen LogP contribution in [0.1, 0.15) is 5.82 Å². The minimum atomic E-state index is -0.427. The Hall–Kier alpha value is -2.56. The van der Waals surface area contributed by atoms with Gasteiger partial charge in [-0.15, -0.1) is 0 Å². The lowest BCUT2D eigenvalue weighted by molar-refractivity contribution is 0.633. The number of nitrogens with zero attached hydrogens (tertiary/aromatic N) is 1. The van der Waals surface area contributed by atoms with Gasteiger partial charge in [0.15, 0.2) is 0 Å². The maximum absolute atomic E-state index is 13.4. The molecule has 0 spiro atoms. The summed E-state index contributed by atoms with van der Waals surface area (Å²) in [4.78, 5) is 7.48. The zero-order valence-electron chi connectivity index (χ0n) is 10.4. The molecule has 4 N–H and O–H groups in total. The molecule has 4 nitrogen and oxygen atoms in total. The van der Waals surface area contributed by atoms with E-state index in [0.29, 0.717) is 5.69 Å². The average molecular weight is 256 g/mol. The van der Waals surface area contributed by atoms with Gasteiger partial charge in [-0.3, -0.25) is 0 Å². The first-order valence-corrected chi connectivity index (χ1v) is 5.91. The number of fused-ring (bicyclic) bond motifs is 1. The summed E-state index contributed by atoms with van der Waals surface area (Å²) in [7, 11) is 0. The molecule has 0 saturated carbocycles. The number of aromatic amines is 1. The van der Waals surface area contributed by atoms with E-state index in [-0.39, 0.29) is 5.69 Å². The fourth-order valence-electron chi connectivity index (χ4n) is 2.02. The minimum Gasteiger partial charge on any atom is -0.395 e. The van der Waals surface area contributed by atoms with E-state index in [1.807, 2.05) is 25.1 Å². The standard InChI is InChI=1S/C14H13FN4/c1-8-17-11-6-5-9(7-13(11)18-8)19-12-4-2-3-10(15)14(12)16/h2-7,19H,16H2,1H3,(H,17,18). The molecule has 0 aliphatic heterocycles. The van der Waals surface area contributed by atoms with Crippen LogP contribution < -0.4 is 11.1 Å². The van der Waals surface area contributed by atoms with Crippen molar-refractivity contribution in [1.82, 2.24) is 9.97 Å². The molecule has 1 aromatic heterocycles. The molecule has 0 atom stereocenters. The topological polar surface area (TPSA) is 66.7 Å². The lowest BCUT2D eigenvalue weighted by atomic mass is 10.2. The second-order valence-electron chi connectivity index (χ2n) is 4.38. The van der Waals surface area contributed by atoms with Crippen LogP contribution in [0.2, 0.25) is 0 Å². The highest BCUT2D eigenvalue weighted by atomic mass is 19.1. The Kier molecular flexibility index (Phi) is 2.59. The van der Waals surface area contributed by atoms with Crippen LogP contribution in [-0.4, -0.2) is 9.97 Å². The molecule has 0 unspecified atom stereocenters. The average Bonchev–Trinajstić information content (AvgIpc) is 2.74. The van der Waals surface area contributed by atoms with E-state index in [4.69, 9.17) is 5.73 Å². The quantitative estimate of drug-likeness (QED) is 0.616. The summed E-state index contributed by atoms with van der Waals surface area (Å²) in [6, 6.07) is 10.4. The third-order valence-electron chi connectivity index (χ3n) is 2.93. The maximum Gasteiger partial charge on any atom is 0.148 e. The van der Waals surface area contributed by atoms with Crippen LogP contribution >= 0.6 is 0 Å². The van der Waals surface area contributed by atoms with Gasteiger partial charge >= 0.3 is 0 Å². The van der Waals surface area contributed by atoms with Gasteiger partial charge in [-0.1, -0.05) is 6.07 Å². The first kappa shape index (κ1) is 11.5. The van der Waals surface area contributed by atoms with Gasteiger partial charge in [-0.2, -0.15) is 0 Å². The molecule has 0 fully saturated rings. The zero-order chi connectivity index (χ0) is 13.4. The van der Waals surface area contributed by atoms with Crippen molar-refractivity contribution in [2.45, 2.75) is 6.92 Å². The van der Waals surface area contributed by atoms with Crippen molar-refractivity contribution >= 4 is 28.1 Å². The number of para-hydroxylation sites is 1. The second-order valence-corrected chi connectivity index (χ2v) is 4.38. The fourth-order valence-corrected chi connectivity index (χ4v) is 2.02. The van der Waals surface area contributed by atoms with Gasteiger partial charge in [-0.25, -0.2) is 9.37 Å². The van der Waals surface area contributed by atoms with E-state index >= 15 is 0 Å². The molecule has 19 heavy (non-hydrogen) atoms. The molecule has 5 heteroatoms. The van der Waals surface area contributed by atoms with Crippen LogP contribution in [-0.2, 0) is 0 Å². The SMILES string of the molecule is Cc1nc2ccc(Nc3cccc(F)c3N)cc2[nH]1. The van der Waals surface area contributed by atoms with Crippen LogP contribution in [0.5, 0.6) is 0 Å². The molecular formula is C14H13FN4. The Morgan fingerprint density at radius 1 is 1.26 bits per heavy atom. The molecule has 0 saturated heterocycles. The van der Waals surface area contributed by atoms with Crippen LogP contribution in [0, 0.1) is 12.7 Å². The van der Waals surface area contributed by atoms with Crippen LogP contribution in [0.4, 0.5) is 21.5 Å². The van der Waals surface area contributed by atoms with E-state index in [1.54, 1.807) is 12.1 Å². The summed E-state index contributed by atoms with van der Waals surface area (Å²) in [5.74, 6) is 0.431. The number of anilines is 3. The summed E-state index contributed by atoms with van der Waals surface area (Å²) < 4.78 is 13.4. The van der Waals surface area contributed by atoms with Crippen molar-refractivity contribution in [3.05, 3.63) is 48.0 Å². The Morgan fingerprint density at radius 3 is 2.95 bits per heavy atom. The van der Waals surface area contributed by atoms with Crippen LogP contribution in [0.25, 0.3) is 11.0 Å². The van der Waals surface area contributed by atoms with Crippen molar-refractivity contribution in [3.63, 3.8) is 0 Å². The maximum atomic E-state index is 13.4. The molecule has 3 rings (SSSR count). The number of imidazole rings is 1. The lowest BCUT2D eigenvalue weighted by Gasteiger charge is -2.09. The first-order valence-electron chi connectivity index (χ1n) is 5.91. The van der Waals surface area contributed by atoms with Crippen molar-refractivity contribution in [2.24, 2.45) is 0 Å². The van der Waals surface area contributed by atoms with E-state index in [9.17, 15) is 4.39 Å². The fraction of sp³-hybridized carbons (Fsp3) is 0.0714. The largest absolute Gasteiger partial charge is 0.395 e. The highest BCUT2D eigenvalue weighted by Gasteiger charge is 2.06. The van der Waals surface area contributed by atoms with Gasteiger partial charge in [0, 0.05) is 5.69 Å². The van der Waals surface area contributed by atoms with Crippen molar-refractivity contribution in [2.75, 3.05) is 11.1 Å². The van der Waals surface area contributed by atoms with Gasteiger partial charge in [0.1, 0.15) is 11.6 Å². The van der Waals surface area contributed by atoms with Crippen molar-refractivity contribution in [3.8, 4) is 0 Å². The summed E-state index contributed by atoms with van der Waals surface area (Å²) in [6.45, 7) is 1.90. The Balaban J connectivity index is 1.98. The third-order valence-corrected chi connectivity index (χ3v) is 2.93. The number of benzene rings is 2. The monoisotopic (exact) mass is 256 g/mol. The molecule has 2 aromatic carbocycles. The predicted molar refractivity (Wildman–Crippen MR) is 74.9 cm³/mol. The number of halogens is 1. The lowest BCUT2D eigenvalue weighted by Crippen LogP contribution is -1.98. The van der Waals surface area contributed by atoms with Gasteiger partial charge in [-0.05, 0) is 37.3 Å². The van der Waals surface area contributed by atoms with Crippen LogP contribution in [0.3, 0.4) is 0 Å². The summed E-state index contributed by atoms with van der Waals surface area (Å²) in [5.41, 5.74) is 9.01. The van der Waals surface area contributed by atoms with Crippen molar-refractivity contribution < 1.29 is 4.39 Å². The number of H-pyrrole nitrogens is 1. The molecule has 3 aromatic rings. The molecule has 0 aliphatic carbocycles. The highest BCUT2D eigenvalue weighted by molar-refractivity contribution is 5.82. The first-order chi connectivity index (χ1) is 9.13. The molecule has 1 heterocycles. The number of hydrogen-bond acceptors (Lipinski definition) is 3. The number of aromatic nitrogens is 2. The molecule has 0 bridgehead atoms. The summed E-state index contributed by atoms with van der Waals surface area (Å²) in [6.07, 6.45) is 0. The smallest absolute Gasteiger partial charge is 0.148 e. The van der Waals surface area contributed by atoms with Gasteiger partial charge < -0.3 is 16.0 Å². The molecule has 0 amide bonds. The number of rotatable bonds is 2. The molecular weight excluding hydrogens is 243 g/mol. The van der Waals surface area contributed by atoms with Crippen molar-refractivity contribution in [1.29, 1.82) is 0 Å². The van der Waals surface area contributed by atoms with E-state index in [1.165, 1.54) is 6.07 Å². The minimum absolute atomic E-state index is 0.114. The van der Waals surface area contributed by atoms with Gasteiger partial charge in [0.2, 0.25) is 0 Å². The van der Waals surface area contributed by atoms with E-state index in [2.05, 4.69) is 15.3 Å². The summed E-state index contributed by atoms with van der Waals surface area (Å²) >= 11 is 0. The molecule has 0 aliphatic rings. The Morgan fingerprint density at radius 2 is 2.11 bits per heavy atom. The number of nitrogens with one attached hydrogen (secondary N) is 2. The molecule has 0 radical (unpaired) electrons. The van der Waals surface area contributed by atoms with Crippen LogP contribution in [0.15, 0.2) is 36.4 Å². The number of nitrogens with two attached hydrogens (primary N) is 1. The number of aryl methyl sites for hydroxylation is 1. The Bertz CT molecular complexity index is 748. The predicted octanol–water partition coefficient (Wildman–Crippen LogP) is 3.34. The van der Waals surface area contributed by atoms with E-state index in [0.717, 1.165) is 22.5 Å². The third kappa shape index (κ3) is 2.10. The zero-order valence-corrected chi connectivity index (χ0v) is 10.4. The highest BCUT2D eigenvalue weighted by Crippen LogP contribution is 2.26. The summed E-state index contributed by atoms with van der Waals surface area (Å²) in [5, 5.41) is 3.10. The molecule has 96 valence electrons. The second kappa shape index (κ2) is 4.28. The van der Waals surface area contributed by atoms with Gasteiger partial charge in [0.05, 0.1) is 22.4 Å². The number of nitrogen functional groups attached to an aromatic ring is 1. The number of hydrogen-bond donors (Lipinski definition) is 3. The Labute approximate surface area is 109 Å². The normalized spacial score (nSPS) is 10.8.